The van der Waals surface area contributed by atoms with Crippen LogP contribution >= 0.6 is 0 Å². The minimum atomic E-state index is -0.654. The Bertz CT molecular complexity index is 1030. The second kappa shape index (κ2) is 10.4. The number of aryl methyl sites for hydroxylation is 1. The van der Waals surface area contributed by atoms with Gasteiger partial charge in [-0.1, -0.05) is 36.4 Å². The van der Waals surface area contributed by atoms with Gasteiger partial charge >= 0.3 is 0 Å². The lowest BCUT2D eigenvalue weighted by molar-refractivity contribution is -0.140. The second-order valence-corrected chi connectivity index (χ2v) is 8.70. The Morgan fingerprint density at radius 1 is 0.939 bits per heavy atom. The Labute approximate surface area is 194 Å². The van der Waals surface area contributed by atoms with Crippen LogP contribution in [0.4, 0.5) is 0 Å². The number of nitrogens with zero attached hydrogens (tertiary/aromatic N) is 2. The SMILES string of the molecule is Cc1ccccc1CN(C(=O)CCCN1C(=O)c2ccccc2C1=O)[C@H](C)C(=O)NC(C)C. The Hall–Kier alpha value is -3.48. The minimum Gasteiger partial charge on any atom is -0.352 e. The fraction of sp³-hybridized carbons (Fsp3) is 0.385. The van der Waals surface area contributed by atoms with Gasteiger partial charge in [0.1, 0.15) is 6.04 Å². The summed E-state index contributed by atoms with van der Waals surface area (Å²) in [7, 11) is 0. The monoisotopic (exact) mass is 449 g/mol. The van der Waals surface area contributed by atoms with Crippen LogP contribution < -0.4 is 5.32 Å². The number of benzene rings is 2. The number of nitrogens with one attached hydrogen (secondary N) is 1. The van der Waals surface area contributed by atoms with E-state index in [-0.39, 0.29) is 42.6 Å². The molecule has 1 aliphatic rings. The summed E-state index contributed by atoms with van der Waals surface area (Å²) in [6, 6.07) is 13.8. The van der Waals surface area contributed by atoms with Crippen LogP contribution in [-0.2, 0) is 16.1 Å². The maximum Gasteiger partial charge on any atom is 0.261 e. The van der Waals surface area contributed by atoms with Crippen LogP contribution in [0.5, 0.6) is 0 Å². The first-order valence-electron chi connectivity index (χ1n) is 11.3. The molecule has 0 radical (unpaired) electrons. The number of hydrogen-bond donors (Lipinski definition) is 1. The molecule has 2 aromatic carbocycles. The largest absolute Gasteiger partial charge is 0.352 e. The lowest BCUT2D eigenvalue weighted by Gasteiger charge is -2.30. The average Bonchev–Trinajstić information content (AvgIpc) is 3.02. The lowest BCUT2D eigenvalue weighted by Crippen LogP contribution is -2.49. The summed E-state index contributed by atoms with van der Waals surface area (Å²) in [5.41, 5.74) is 2.80. The molecule has 7 heteroatoms. The van der Waals surface area contributed by atoms with Gasteiger partial charge in [0.25, 0.3) is 11.8 Å². The molecule has 1 atom stereocenters. The van der Waals surface area contributed by atoms with Crippen molar-refractivity contribution in [2.45, 2.75) is 59.2 Å². The van der Waals surface area contributed by atoms with Crippen molar-refractivity contribution in [1.82, 2.24) is 15.1 Å². The first-order valence-corrected chi connectivity index (χ1v) is 11.3. The predicted molar refractivity (Wildman–Crippen MR) is 126 cm³/mol. The summed E-state index contributed by atoms with van der Waals surface area (Å²) in [6.45, 7) is 7.91. The highest BCUT2D eigenvalue weighted by molar-refractivity contribution is 6.21. The number of carbonyl (C=O) groups is 4. The van der Waals surface area contributed by atoms with Gasteiger partial charge in [0.15, 0.2) is 0 Å². The molecule has 0 unspecified atom stereocenters. The molecule has 2 aromatic rings. The third-order valence-electron chi connectivity index (χ3n) is 5.85. The smallest absolute Gasteiger partial charge is 0.261 e. The topological polar surface area (TPSA) is 86.8 Å². The molecule has 0 saturated heterocycles. The fourth-order valence-electron chi connectivity index (χ4n) is 3.93. The normalized spacial score (nSPS) is 13.8. The van der Waals surface area contributed by atoms with E-state index < -0.39 is 6.04 Å². The van der Waals surface area contributed by atoms with Crippen molar-refractivity contribution in [3.05, 3.63) is 70.8 Å². The van der Waals surface area contributed by atoms with E-state index in [0.29, 0.717) is 24.1 Å². The summed E-state index contributed by atoms with van der Waals surface area (Å²) in [6.07, 6.45) is 0.450. The molecular weight excluding hydrogens is 418 g/mol. The molecule has 0 aliphatic carbocycles. The molecule has 0 bridgehead atoms. The van der Waals surface area contributed by atoms with Crippen molar-refractivity contribution >= 4 is 23.6 Å². The van der Waals surface area contributed by atoms with Gasteiger partial charge in [-0.2, -0.15) is 0 Å². The van der Waals surface area contributed by atoms with Crippen molar-refractivity contribution in [3.63, 3.8) is 0 Å². The standard InChI is InChI=1S/C26H31N3O4/c1-17(2)27-24(31)19(4)29(16-20-11-6-5-10-18(20)3)23(30)14-9-15-28-25(32)21-12-7-8-13-22(21)26(28)33/h5-8,10-13,17,19H,9,14-16H2,1-4H3,(H,27,31)/t19-/m1/s1. The van der Waals surface area contributed by atoms with Crippen LogP contribution in [0.15, 0.2) is 48.5 Å². The average molecular weight is 450 g/mol. The van der Waals surface area contributed by atoms with E-state index in [9.17, 15) is 19.2 Å². The van der Waals surface area contributed by atoms with E-state index in [0.717, 1.165) is 11.1 Å². The highest BCUT2D eigenvalue weighted by atomic mass is 16.2. The predicted octanol–water partition coefficient (Wildman–Crippen LogP) is 3.31. The Morgan fingerprint density at radius 3 is 2.09 bits per heavy atom. The summed E-state index contributed by atoms with van der Waals surface area (Å²) >= 11 is 0. The van der Waals surface area contributed by atoms with Crippen molar-refractivity contribution < 1.29 is 19.2 Å². The zero-order chi connectivity index (χ0) is 24.1. The van der Waals surface area contributed by atoms with Crippen molar-refractivity contribution in [3.8, 4) is 0 Å². The van der Waals surface area contributed by atoms with Crippen LogP contribution in [0.25, 0.3) is 0 Å². The quantitative estimate of drug-likeness (QED) is 0.595. The van der Waals surface area contributed by atoms with Gasteiger partial charge in [-0.25, -0.2) is 0 Å². The summed E-state index contributed by atoms with van der Waals surface area (Å²) in [5.74, 6) is -1.07. The van der Waals surface area contributed by atoms with Crippen molar-refractivity contribution in [1.29, 1.82) is 0 Å². The highest BCUT2D eigenvalue weighted by Crippen LogP contribution is 2.23. The second-order valence-electron chi connectivity index (χ2n) is 8.70. The minimum absolute atomic E-state index is 0.0378. The van der Waals surface area contributed by atoms with Crippen LogP contribution in [0, 0.1) is 6.92 Å². The molecule has 0 fully saturated rings. The molecule has 1 aliphatic heterocycles. The van der Waals surface area contributed by atoms with Gasteiger partial charge in [0.05, 0.1) is 11.1 Å². The number of rotatable bonds is 9. The van der Waals surface area contributed by atoms with E-state index in [4.69, 9.17) is 0 Å². The Morgan fingerprint density at radius 2 is 1.52 bits per heavy atom. The number of fused-ring (bicyclic) bond motifs is 1. The number of hydrogen-bond acceptors (Lipinski definition) is 4. The molecule has 0 spiro atoms. The van der Waals surface area contributed by atoms with E-state index >= 15 is 0 Å². The number of amides is 4. The van der Waals surface area contributed by atoms with Crippen molar-refractivity contribution in [2.24, 2.45) is 0 Å². The molecule has 174 valence electrons. The molecule has 4 amide bonds. The molecule has 0 saturated carbocycles. The molecule has 33 heavy (non-hydrogen) atoms. The summed E-state index contributed by atoms with van der Waals surface area (Å²) < 4.78 is 0. The number of imide groups is 1. The van der Waals surface area contributed by atoms with E-state index in [1.54, 1.807) is 36.1 Å². The maximum atomic E-state index is 13.2. The van der Waals surface area contributed by atoms with Gasteiger partial charge in [-0.3, -0.25) is 24.1 Å². The highest BCUT2D eigenvalue weighted by Gasteiger charge is 2.35. The molecule has 3 rings (SSSR count). The van der Waals surface area contributed by atoms with Gasteiger partial charge in [0.2, 0.25) is 11.8 Å². The fourth-order valence-corrected chi connectivity index (χ4v) is 3.93. The van der Waals surface area contributed by atoms with Crippen molar-refractivity contribution in [2.75, 3.05) is 6.54 Å². The number of carbonyl (C=O) groups excluding carboxylic acids is 4. The van der Waals surface area contributed by atoms with Gasteiger partial charge in [-0.15, -0.1) is 0 Å². The van der Waals surface area contributed by atoms with Crippen LogP contribution in [-0.4, -0.2) is 52.1 Å². The van der Waals surface area contributed by atoms with Gasteiger partial charge < -0.3 is 10.2 Å². The Balaban J connectivity index is 1.68. The van der Waals surface area contributed by atoms with Gasteiger partial charge in [0, 0.05) is 25.6 Å². The summed E-state index contributed by atoms with van der Waals surface area (Å²) in [4.78, 5) is 53.7. The molecule has 1 heterocycles. The van der Waals surface area contributed by atoms with Crippen LogP contribution in [0.3, 0.4) is 0 Å². The van der Waals surface area contributed by atoms with E-state index in [2.05, 4.69) is 5.32 Å². The maximum absolute atomic E-state index is 13.2. The first kappa shape index (κ1) is 24.2. The Kier molecular flexibility index (Phi) is 7.63. The zero-order valence-corrected chi connectivity index (χ0v) is 19.6. The third kappa shape index (κ3) is 5.48. The van der Waals surface area contributed by atoms with Crippen LogP contribution in [0.1, 0.15) is 65.5 Å². The molecule has 0 aromatic heterocycles. The zero-order valence-electron chi connectivity index (χ0n) is 19.6. The van der Waals surface area contributed by atoms with E-state index in [1.807, 2.05) is 45.0 Å². The summed E-state index contributed by atoms with van der Waals surface area (Å²) in [5, 5.41) is 2.87. The molecule has 7 nitrogen and oxygen atoms in total. The van der Waals surface area contributed by atoms with Crippen LogP contribution in [0.2, 0.25) is 0 Å². The molecule has 1 N–H and O–H groups in total. The molecular formula is C26H31N3O4. The van der Waals surface area contributed by atoms with Gasteiger partial charge in [-0.05, 0) is 57.4 Å². The third-order valence-corrected chi connectivity index (χ3v) is 5.85. The first-order chi connectivity index (χ1) is 15.7. The lowest BCUT2D eigenvalue weighted by atomic mass is 10.1. The van der Waals surface area contributed by atoms with E-state index in [1.165, 1.54) is 4.90 Å².